The maximum atomic E-state index is 11.9. The number of hydrogen-bond donors (Lipinski definition) is 1. The molecular weight excluding hydrogens is 262 g/mol. The van der Waals surface area contributed by atoms with Crippen molar-refractivity contribution >= 4 is 21.6 Å². The first kappa shape index (κ1) is 14.5. The number of alkyl halides is 1. The van der Waals surface area contributed by atoms with Gasteiger partial charge in [0.25, 0.3) is 10.0 Å². The number of aromatic nitrogens is 2. The molecule has 0 spiro atoms. The normalized spacial score (nSPS) is 12.9. The van der Waals surface area contributed by atoms with E-state index in [9.17, 15) is 8.42 Å². The van der Waals surface area contributed by atoms with E-state index in [4.69, 9.17) is 11.6 Å². The predicted molar refractivity (Wildman–Crippen MR) is 67.6 cm³/mol. The summed E-state index contributed by atoms with van der Waals surface area (Å²) < 4.78 is 28.0. The number of hydrogen-bond acceptors (Lipinski definition) is 3. The Morgan fingerprint density at radius 1 is 1.53 bits per heavy atom. The first-order chi connectivity index (χ1) is 7.80. The third kappa shape index (κ3) is 3.97. The minimum absolute atomic E-state index is 0.0460. The highest BCUT2D eigenvalue weighted by molar-refractivity contribution is 7.89. The van der Waals surface area contributed by atoms with Crippen LogP contribution in [0.1, 0.15) is 20.8 Å². The summed E-state index contributed by atoms with van der Waals surface area (Å²) in [6.07, 6.45) is 3.01. The fraction of sp³-hybridized carbons (Fsp3) is 0.700. The van der Waals surface area contributed by atoms with Crippen LogP contribution in [-0.2, 0) is 16.6 Å². The van der Waals surface area contributed by atoms with Gasteiger partial charge in [-0.3, -0.25) is 0 Å². The molecule has 1 aromatic rings. The zero-order valence-corrected chi connectivity index (χ0v) is 11.8. The molecule has 0 radical (unpaired) electrons. The molecule has 0 aliphatic heterocycles. The molecule has 1 heterocycles. The van der Waals surface area contributed by atoms with E-state index >= 15 is 0 Å². The van der Waals surface area contributed by atoms with Crippen molar-refractivity contribution in [2.45, 2.75) is 32.3 Å². The molecule has 0 amide bonds. The Morgan fingerprint density at radius 2 is 2.18 bits per heavy atom. The highest BCUT2D eigenvalue weighted by Crippen LogP contribution is 2.16. The van der Waals surface area contributed by atoms with Crippen LogP contribution in [-0.4, -0.2) is 30.4 Å². The van der Waals surface area contributed by atoms with Gasteiger partial charge in [0.05, 0.1) is 6.33 Å². The largest absolute Gasteiger partial charge is 0.336 e. The quantitative estimate of drug-likeness (QED) is 0.802. The van der Waals surface area contributed by atoms with Gasteiger partial charge in [-0.1, -0.05) is 13.8 Å². The lowest BCUT2D eigenvalue weighted by molar-refractivity contribution is 0.413. The molecule has 1 rings (SSSR count). The molecule has 0 atom stereocenters. The van der Waals surface area contributed by atoms with Crippen molar-refractivity contribution in [1.29, 1.82) is 0 Å². The zero-order chi connectivity index (χ0) is 13.1. The molecule has 5 nitrogen and oxygen atoms in total. The van der Waals surface area contributed by atoms with Crippen LogP contribution in [0.3, 0.4) is 0 Å². The second-order valence-corrected chi connectivity index (χ2v) is 6.65. The molecule has 7 heteroatoms. The predicted octanol–water partition coefficient (Wildman–Crippen LogP) is 1.45. The third-order valence-corrected chi connectivity index (χ3v) is 4.36. The van der Waals surface area contributed by atoms with Gasteiger partial charge in [0.1, 0.15) is 0 Å². The average molecular weight is 280 g/mol. The topological polar surface area (TPSA) is 64.0 Å². The van der Waals surface area contributed by atoms with Crippen LogP contribution in [0.4, 0.5) is 0 Å². The molecule has 0 aliphatic rings. The molecule has 1 N–H and O–H groups in total. The average Bonchev–Trinajstić information content (AvgIpc) is 2.76. The summed E-state index contributed by atoms with van der Waals surface area (Å²) in [7, 11) is -3.53. The van der Waals surface area contributed by atoms with Crippen LogP contribution in [0.15, 0.2) is 17.6 Å². The van der Waals surface area contributed by atoms with Crippen molar-refractivity contribution in [2.24, 2.45) is 5.41 Å². The Morgan fingerprint density at radius 3 is 2.65 bits per heavy atom. The molecule has 0 aliphatic carbocycles. The van der Waals surface area contributed by atoms with Gasteiger partial charge in [0.15, 0.2) is 5.03 Å². The van der Waals surface area contributed by atoms with E-state index in [1.54, 1.807) is 4.57 Å². The summed E-state index contributed by atoms with van der Waals surface area (Å²) in [4.78, 5) is 3.86. The van der Waals surface area contributed by atoms with Crippen molar-refractivity contribution in [3.05, 3.63) is 12.5 Å². The Kier molecular flexibility index (Phi) is 4.57. The van der Waals surface area contributed by atoms with Crippen molar-refractivity contribution in [3.63, 3.8) is 0 Å². The Balaban J connectivity index is 2.76. The zero-order valence-electron chi connectivity index (χ0n) is 10.3. The van der Waals surface area contributed by atoms with Gasteiger partial charge >= 0.3 is 0 Å². The SMILES string of the molecule is CCn1cnc(S(=O)(=O)NCC(C)(C)CCl)c1. The maximum absolute atomic E-state index is 11.9. The number of halogens is 1. The highest BCUT2D eigenvalue weighted by atomic mass is 35.5. The van der Waals surface area contributed by atoms with E-state index < -0.39 is 10.0 Å². The molecule has 0 saturated carbocycles. The van der Waals surface area contributed by atoms with E-state index in [0.717, 1.165) is 0 Å². The molecule has 17 heavy (non-hydrogen) atoms. The lowest BCUT2D eigenvalue weighted by Crippen LogP contribution is -2.35. The molecule has 1 aromatic heterocycles. The molecule has 0 saturated heterocycles. The van der Waals surface area contributed by atoms with Gasteiger partial charge in [-0.2, -0.15) is 0 Å². The van der Waals surface area contributed by atoms with Crippen LogP contribution < -0.4 is 4.72 Å². The molecule has 0 unspecified atom stereocenters. The molecule has 98 valence electrons. The van der Waals surface area contributed by atoms with Crippen LogP contribution >= 0.6 is 11.6 Å². The van der Waals surface area contributed by atoms with Gasteiger partial charge in [0.2, 0.25) is 0 Å². The summed E-state index contributed by atoms with van der Waals surface area (Å²) in [5.41, 5.74) is -0.276. The van der Waals surface area contributed by atoms with Crippen LogP contribution in [0.2, 0.25) is 0 Å². The van der Waals surface area contributed by atoms with E-state index in [2.05, 4.69) is 9.71 Å². The number of aryl methyl sites for hydroxylation is 1. The number of nitrogens with one attached hydrogen (secondary N) is 1. The molecule has 0 aromatic carbocycles. The van der Waals surface area contributed by atoms with Crippen molar-refractivity contribution in [3.8, 4) is 0 Å². The van der Waals surface area contributed by atoms with Gasteiger partial charge in [-0.05, 0) is 12.3 Å². The minimum atomic E-state index is -3.53. The smallest absolute Gasteiger partial charge is 0.259 e. The Hall–Kier alpha value is -0.590. The first-order valence-corrected chi connectivity index (χ1v) is 7.40. The fourth-order valence-electron chi connectivity index (χ4n) is 1.06. The number of sulfonamides is 1. The van der Waals surface area contributed by atoms with E-state index in [0.29, 0.717) is 12.4 Å². The fourth-order valence-corrected chi connectivity index (χ4v) is 2.35. The van der Waals surface area contributed by atoms with Gasteiger partial charge in [-0.25, -0.2) is 18.1 Å². The number of imidazole rings is 1. The molecule has 0 fully saturated rings. The monoisotopic (exact) mass is 279 g/mol. The second-order valence-electron chi connectivity index (χ2n) is 4.66. The number of rotatable bonds is 6. The lowest BCUT2D eigenvalue weighted by Gasteiger charge is -2.21. The van der Waals surface area contributed by atoms with Crippen LogP contribution in [0.5, 0.6) is 0 Å². The van der Waals surface area contributed by atoms with Crippen LogP contribution in [0.25, 0.3) is 0 Å². The van der Waals surface area contributed by atoms with Crippen LogP contribution in [0, 0.1) is 5.41 Å². The third-order valence-electron chi connectivity index (χ3n) is 2.35. The second kappa shape index (κ2) is 5.37. The van der Waals surface area contributed by atoms with E-state index in [1.165, 1.54) is 12.5 Å². The summed E-state index contributed by atoms with van der Waals surface area (Å²) in [6.45, 7) is 6.69. The highest BCUT2D eigenvalue weighted by Gasteiger charge is 2.22. The van der Waals surface area contributed by atoms with Gasteiger partial charge in [-0.15, -0.1) is 11.6 Å². The van der Waals surface area contributed by atoms with Crippen molar-refractivity contribution in [2.75, 3.05) is 12.4 Å². The lowest BCUT2D eigenvalue weighted by atomic mass is 9.97. The van der Waals surface area contributed by atoms with Gasteiger partial charge in [0, 0.05) is 25.2 Å². The molecular formula is C10H18ClN3O2S. The van der Waals surface area contributed by atoms with Crippen molar-refractivity contribution in [1.82, 2.24) is 14.3 Å². The van der Waals surface area contributed by atoms with E-state index in [1.807, 2.05) is 20.8 Å². The summed E-state index contributed by atoms with van der Waals surface area (Å²) in [5, 5.41) is 0.0460. The van der Waals surface area contributed by atoms with Gasteiger partial charge < -0.3 is 4.57 Å². The van der Waals surface area contributed by atoms with E-state index in [-0.39, 0.29) is 17.0 Å². The minimum Gasteiger partial charge on any atom is -0.336 e. The Labute approximate surface area is 107 Å². The summed E-state index contributed by atoms with van der Waals surface area (Å²) >= 11 is 5.74. The standard InChI is InChI=1S/C10H18ClN3O2S/c1-4-14-5-9(12-8-14)17(15,16)13-7-10(2,3)6-11/h5,8,13H,4,6-7H2,1-3H3. The molecule has 0 bridgehead atoms. The summed E-state index contributed by atoms with van der Waals surface area (Å²) in [5.74, 6) is 0.388. The van der Waals surface area contributed by atoms with Crippen molar-refractivity contribution < 1.29 is 8.42 Å². The number of nitrogens with zero attached hydrogens (tertiary/aromatic N) is 2. The maximum Gasteiger partial charge on any atom is 0.259 e. The first-order valence-electron chi connectivity index (χ1n) is 5.38. The Bertz CT molecular complexity index is 468. The summed E-state index contributed by atoms with van der Waals surface area (Å²) in [6, 6.07) is 0.